The topological polar surface area (TPSA) is 158 Å². The first kappa shape index (κ1) is 29.9. The Hall–Kier alpha value is -5.60. The zero-order valence-corrected chi connectivity index (χ0v) is 20.8. The maximum absolute atomic E-state index is 13.5. The van der Waals surface area contributed by atoms with Gasteiger partial charge in [-0.15, -0.1) is 0 Å². The molecule has 41 heavy (non-hydrogen) atoms. The van der Waals surface area contributed by atoms with Crippen LogP contribution in [-0.2, 0) is 6.18 Å². The van der Waals surface area contributed by atoms with Gasteiger partial charge in [0.1, 0.15) is 5.82 Å². The zero-order chi connectivity index (χ0) is 30.3. The molecule has 0 aliphatic carbocycles. The molecule has 0 radical (unpaired) electrons. The number of anilines is 2. The summed E-state index contributed by atoms with van der Waals surface area (Å²) in [4.78, 5) is 43.3. The summed E-state index contributed by atoms with van der Waals surface area (Å²) in [6.45, 7) is 1.63. The summed E-state index contributed by atoms with van der Waals surface area (Å²) in [6, 6.07) is 14.4. The van der Waals surface area contributed by atoms with Gasteiger partial charge in [0, 0.05) is 30.0 Å². The fourth-order valence-electron chi connectivity index (χ4n) is 3.32. The molecule has 2 amide bonds. The van der Waals surface area contributed by atoms with Crippen LogP contribution in [0.2, 0.25) is 0 Å². The molecule has 0 unspecified atom stereocenters. The Kier molecular flexibility index (Phi) is 9.13. The highest BCUT2D eigenvalue weighted by Gasteiger charge is 2.36. The van der Waals surface area contributed by atoms with Crippen molar-refractivity contribution in [3.05, 3.63) is 128 Å². The summed E-state index contributed by atoms with van der Waals surface area (Å²) in [6.07, 6.45) is -3.66. The number of nitro groups is 2. The van der Waals surface area contributed by atoms with Gasteiger partial charge in [-0.25, -0.2) is 4.39 Å². The molecule has 2 N–H and O–H groups in total. The second-order valence-electron chi connectivity index (χ2n) is 8.11. The van der Waals surface area contributed by atoms with E-state index >= 15 is 0 Å². The van der Waals surface area contributed by atoms with Gasteiger partial charge in [0.2, 0.25) is 0 Å². The molecule has 0 aliphatic rings. The lowest BCUT2D eigenvalue weighted by molar-refractivity contribution is -0.385. The first-order chi connectivity index (χ1) is 19.3. The fraction of sp³-hybridized carbons (Fsp3) is 0.0769. The van der Waals surface area contributed by atoms with E-state index in [1.807, 2.05) is 5.32 Å². The zero-order valence-electron chi connectivity index (χ0n) is 20.8. The number of benzene rings is 3. The smallest absolute Gasteiger partial charge is 0.418 e. The van der Waals surface area contributed by atoms with Gasteiger partial charge >= 0.3 is 6.18 Å². The van der Waals surface area contributed by atoms with Gasteiger partial charge in [0.15, 0.2) is 5.76 Å². The van der Waals surface area contributed by atoms with Gasteiger partial charge in [-0.1, -0.05) is 12.1 Å². The van der Waals surface area contributed by atoms with Crippen molar-refractivity contribution in [2.24, 2.45) is 0 Å². The molecule has 0 spiro atoms. The third-order valence-electron chi connectivity index (χ3n) is 5.30. The quantitative estimate of drug-likeness (QED) is 0.146. The molecule has 4 aromatic rings. The second kappa shape index (κ2) is 12.5. The standard InChI is InChI=1S/C14H11FN2O3.C12H7F3N2O4/c1-9-8-10(17(19)20)6-7-13(9)16-14(18)11-4-2-3-5-12(11)15;13-12(14,15)8-6-7(17(19)20)3-4-9(8)16-11(18)10-2-1-5-21-10/h2-8H,1H3,(H,16,18);1-6H,(H,16,18). The van der Waals surface area contributed by atoms with Crippen LogP contribution < -0.4 is 10.6 Å². The van der Waals surface area contributed by atoms with Crippen molar-refractivity contribution in [1.29, 1.82) is 0 Å². The first-order valence-corrected chi connectivity index (χ1v) is 11.3. The predicted octanol–water partition coefficient (Wildman–Crippen LogP) is 6.75. The van der Waals surface area contributed by atoms with Gasteiger partial charge in [-0.2, -0.15) is 13.2 Å². The SMILES string of the molecule is Cc1cc([N+](=O)[O-])ccc1NC(=O)c1ccccc1F.O=C(Nc1ccc([N+](=O)[O-])cc1C(F)(F)F)c1ccco1. The Morgan fingerprint density at radius 2 is 1.39 bits per heavy atom. The number of halogens is 4. The molecule has 4 rings (SSSR count). The number of nitrogens with one attached hydrogen (secondary N) is 2. The number of amides is 2. The third kappa shape index (κ3) is 7.72. The molecular weight excluding hydrogens is 556 g/mol. The van der Waals surface area contributed by atoms with Gasteiger partial charge in [0.05, 0.1) is 32.9 Å². The minimum Gasteiger partial charge on any atom is -0.459 e. The molecule has 0 aliphatic heterocycles. The van der Waals surface area contributed by atoms with E-state index in [0.717, 1.165) is 12.1 Å². The van der Waals surface area contributed by atoms with E-state index in [4.69, 9.17) is 4.42 Å². The second-order valence-corrected chi connectivity index (χ2v) is 8.11. The summed E-state index contributed by atoms with van der Waals surface area (Å²) < 4.78 is 56.9. The number of aryl methyl sites for hydroxylation is 1. The Balaban J connectivity index is 0.000000226. The van der Waals surface area contributed by atoms with Crippen molar-refractivity contribution >= 4 is 34.6 Å². The lowest BCUT2D eigenvalue weighted by Gasteiger charge is -2.12. The molecule has 0 saturated heterocycles. The van der Waals surface area contributed by atoms with Crippen LogP contribution in [0.4, 0.5) is 40.3 Å². The van der Waals surface area contributed by atoms with Crippen LogP contribution in [-0.4, -0.2) is 21.7 Å². The Labute approximate surface area is 227 Å². The van der Waals surface area contributed by atoms with Gasteiger partial charge in [-0.05, 0) is 48.9 Å². The fourth-order valence-corrected chi connectivity index (χ4v) is 3.32. The molecule has 11 nitrogen and oxygen atoms in total. The third-order valence-corrected chi connectivity index (χ3v) is 5.30. The maximum Gasteiger partial charge on any atom is 0.418 e. The molecule has 0 bridgehead atoms. The van der Waals surface area contributed by atoms with Crippen LogP contribution in [0, 0.1) is 33.0 Å². The summed E-state index contributed by atoms with van der Waals surface area (Å²) in [7, 11) is 0. The largest absolute Gasteiger partial charge is 0.459 e. The normalized spacial score (nSPS) is 10.7. The van der Waals surface area contributed by atoms with Crippen molar-refractivity contribution in [3.63, 3.8) is 0 Å². The van der Waals surface area contributed by atoms with Gasteiger partial charge in [0.25, 0.3) is 23.2 Å². The number of carbonyl (C=O) groups excluding carboxylic acids is 2. The van der Waals surface area contributed by atoms with E-state index in [2.05, 4.69) is 5.32 Å². The van der Waals surface area contributed by atoms with Crippen LogP contribution in [0.3, 0.4) is 0 Å². The number of nitro benzene ring substituents is 2. The predicted molar refractivity (Wildman–Crippen MR) is 137 cm³/mol. The number of furan rings is 1. The molecule has 1 aromatic heterocycles. The molecule has 0 saturated carbocycles. The maximum atomic E-state index is 13.5. The molecular formula is C26H18F4N4O7. The molecule has 212 valence electrons. The Morgan fingerprint density at radius 1 is 0.805 bits per heavy atom. The minimum absolute atomic E-state index is 0.0635. The number of nitrogens with zero attached hydrogens (tertiary/aromatic N) is 2. The molecule has 0 fully saturated rings. The molecule has 3 aromatic carbocycles. The number of hydrogen-bond acceptors (Lipinski definition) is 7. The van der Waals surface area contributed by atoms with Crippen LogP contribution in [0.15, 0.2) is 83.5 Å². The minimum atomic E-state index is -4.85. The molecule has 0 atom stereocenters. The molecule has 1 heterocycles. The highest BCUT2D eigenvalue weighted by molar-refractivity contribution is 6.05. The van der Waals surface area contributed by atoms with Gasteiger partial charge < -0.3 is 15.1 Å². The van der Waals surface area contributed by atoms with E-state index in [1.54, 1.807) is 13.0 Å². The summed E-state index contributed by atoms with van der Waals surface area (Å²) >= 11 is 0. The molecule has 15 heteroatoms. The van der Waals surface area contributed by atoms with Crippen LogP contribution in [0.5, 0.6) is 0 Å². The average molecular weight is 574 g/mol. The first-order valence-electron chi connectivity index (χ1n) is 11.3. The van der Waals surface area contributed by atoms with E-state index in [0.29, 0.717) is 17.3 Å². The van der Waals surface area contributed by atoms with Gasteiger partial charge in [-0.3, -0.25) is 29.8 Å². The van der Waals surface area contributed by atoms with Crippen LogP contribution in [0.25, 0.3) is 0 Å². The number of hydrogen-bond donors (Lipinski definition) is 2. The summed E-state index contributed by atoms with van der Waals surface area (Å²) in [5, 5.41) is 25.7. The Morgan fingerprint density at radius 3 is 1.93 bits per heavy atom. The van der Waals surface area contributed by atoms with Crippen molar-refractivity contribution in [3.8, 4) is 0 Å². The van der Waals surface area contributed by atoms with Crippen molar-refractivity contribution in [2.45, 2.75) is 13.1 Å². The summed E-state index contributed by atoms with van der Waals surface area (Å²) in [5.41, 5.74) is -1.83. The lowest BCUT2D eigenvalue weighted by atomic mass is 10.1. The van der Waals surface area contributed by atoms with Crippen molar-refractivity contribution in [1.82, 2.24) is 0 Å². The number of non-ortho nitro benzene ring substituents is 2. The highest BCUT2D eigenvalue weighted by Crippen LogP contribution is 2.37. The Bertz CT molecular complexity index is 1610. The van der Waals surface area contributed by atoms with Crippen molar-refractivity contribution < 1.29 is 41.4 Å². The number of rotatable bonds is 6. The average Bonchev–Trinajstić information content (AvgIpc) is 3.45. The summed E-state index contributed by atoms with van der Waals surface area (Å²) in [5.74, 6) is -2.29. The number of carbonyl (C=O) groups is 2. The lowest BCUT2D eigenvalue weighted by Crippen LogP contribution is -2.16. The van der Waals surface area contributed by atoms with Crippen LogP contribution >= 0.6 is 0 Å². The number of alkyl halides is 3. The monoisotopic (exact) mass is 574 g/mol. The van der Waals surface area contributed by atoms with E-state index < -0.39 is 50.6 Å². The van der Waals surface area contributed by atoms with E-state index in [1.165, 1.54) is 54.8 Å². The van der Waals surface area contributed by atoms with Crippen LogP contribution in [0.1, 0.15) is 32.0 Å². The highest BCUT2D eigenvalue weighted by atomic mass is 19.4. The van der Waals surface area contributed by atoms with Crippen molar-refractivity contribution in [2.75, 3.05) is 10.6 Å². The van der Waals surface area contributed by atoms with E-state index in [-0.39, 0.29) is 17.0 Å². The van der Waals surface area contributed by atoms with E-state index in [9.17, 15) is 47.4 Å².